The number of urea groups is 1. The van der Waals surface area contributed by atoms with E-state index in [0.717, 1.165) is 29.2 Å². The number of nitro benzene ring substituents is 1. The maximum atomic E-state index is 13.2. The summed E-state index contributed by atoms with van der Waals surface area (Å²) >= 11 is 0. The van der Waals surface area contributed by atoms with E-state index in [9.17, 15) is 32.9 Å². The molecule has 1 N–H and O–H groups in total. The van der Waals surface area contributed by atoms with E-state index in [2.05, 4.69) is 11.9 Å². The highest BCUT2D eigenvalue weighted by Crippen LogP contribution is 2.39. The molecule has 1 atom stereocenters. The van der Waals surface area contributed by atoms with E-state index in [0.29, 0.717) is 0 Å². The zero-order valence-corrected chi connectivity index (χ0v) is 18.1. The number of hydrogen-bond donors (Lipinski definition) is 1. The minimum absolute atomic E-state index is 0.0235. The number of carbonyl (C=O) groups is 2. The van der Waals surface area contributed by atoms with Crippen molar-refractivity contribution in [2.24, 2.45) is 0 Å². The summed E-state index contributed by atoms with van der Waals surface area (Å²) in [5, 5.41) is 23.2. The van der Waals surface area contributed by atoms with E-state index in [-0.39, 0.29) is 34.7 Å². The number of nitrogens with one attached hydrogen (secondary N) is 1. The first-order valence-corrected chi connectivity index (χ1v) is 9.94. The van der Waals surface area contributed by atoms with Crippen molar-refractivity contribution in [1.29, 1.82) is 5.26 Å². The van der Waals surface area contributed by atoms with Gasteiger partial charge in [-0.3, -0.25) is 15.0 Å². The Labute approximate surface area is 196 Å². The summed E-state index contributed by atoms with van der Waals surface area (Å²) in [5.74, 6) is -0.969. The van der Waals surface area contributed by atoms with Gasteiger partial charge in [-0.15, -0.1) is 0 Å². The number of esters is 1. The number of ether oxygens (including phenoxy) is 1. The van der Waals surface area contributed by atoms with Crippen LogP contribution in [0.5, 0.6) is 0 Å². The summed E-state index contributed by atoms with van der Waals surface area (Å²) in [5.41, 5.74) is -2.21. The van der Waals surface area contributed by atoms with E-state index < -0.39 is 40.4 Å². The Kier molecular flexibility index (Phi) is 6.91. The number of amides is 2. The third-order valence-corrected chi connectivity index (χ3v) is 5.14. The summed E-state index contributed by atoms with van der Waals surface area (Å²) in [6, 6.07) is 6.86. The lowest BCUT2D eigenvalue weighted by molar-refractivity contribution is -0.385. The molecule has 0 bridgehead atoms. The summed E-state index contributed by atoms with van der Waals surface area (Å²) in [4.78, 5) is 37.8. The second-order valence-corrected chi connectivity index (χ2v) is 7.29. The number of nitro groups is 1. The van der Waals surface area contributed by atoms with Crippen LogP contribution in [-0.4, -0.2) is 23.5 Å². The van der Waals surface area contributed by atoms with Crippen LogP contribution in [0.1, 0.15) is 29.7 Å². The number of benzene rings is 2. The molecular weight excluding hydrogens is 469 g/mol. The van der Waals surface area contributed by atoms with Gasteiger partial charge in [-0.1, -0.05) is 18.7 Å². The minimum Gasteiger partial charge on any atom is -0.458 e. The molecule has 2 amide bonds. The van der Waals surface area contributed by atoms with Gasteiger partial charge in [0.2, 0.25) is 0 Å². The first-order chi connectivity index (χ1) is 16.5. The summed E-state index contributed by atoms with van der Waals surface area (Å²) in [6.45, 7) is 4.52. The van der Waals surface area contributed by atoms with Gasteiger partial charge >= 0.3 is 18.2 Å². The number of alkyl halides is 3. The number of rotatable bonds is 6. The second-order valence-electron chi connectivity index (χ2n) is 7.29. The molecule has 2 aromatic carbocycles. The fraction of sp³-hybridized carbons (Fsp3) is 0.174. The topological polar surface area (TPSA) is 126 Å². The van der Waals surface area contributed by atoms with Gasteiger partial charge in [0.15, 0.2) is 0 Å². The molecule has 0 spiro atoms. The summed E-state index contributed by atoms with van der Waals surface area (Å²) in [6.07, 6.45) is -3.41. The van der Waals surface area contributed by atoms with Crippen molar-refractivity contribution in [3.8, 4) is 6.07 Å². The van der Waals surface area contributed by atoms with Crippen LogP contribution in [-0.2, 0) is 15.7 Å². The zero-order chi connectivity index (χ0) is 25.9. The third-order valence-electron chi connectivity index (χ3n) is 5.14. The second kappa shape index (κ2) is 9.68. The number of nitriles is 1. The lowest BCUT2D eigenvalue weighted by atomic mass is 9.92. The van der Waals surface area contributed by atoms with Gasteiger partial charge in [0, 0.05) is 11.8 Å². The van der Waals surface area contributed by atoms with E-state index in [4.69, 9.17) is 10.00 Å². The third kappa shape index (κ3) is 4.98. The van der Waals surface area contributed by atoms with Crippen LogP contribution >= 0.6 is 0 Å². The lowest BCUT2D eigenvalue weighted by Crippen LogP contribution is -2.48. The van der Waals surface area contributed by atoms with Crippen molar-refractivity contribution >= 4 is 23.4 Å². The highest BCUT2D eigenvalue weighted by molar-refractivity contribution is 6.03. The van der Waals surface area contributed by atoms with Crippen LogP contribution in [0.3, 0.4) is 0 Å². The molecule has 35 heavy (non-hydrogen) atoms. The van der Waals surface area contributed by atoms with Gasteiger partial charge in [0.25, 0.3) is 5.69 Å². The average Bonchev–Trinajstić information content (AvgIpc) is 2.81. The van der Waals surface area contributed by atoms with Crippen LogP contribution in [0.4, 0.5) is 29.3 Å². The van der Waals surface area contributed by atoms with Gasteiger partial charge in [0.1, 0.15) is 6.61 Å². The fourth-order valence-corrected chi connectivity index (χ4v) is 3.60. The van der Waals surface area contributed by atoms with Crippen molar-refractivity contribution in [3.63, 3.8) is 0 Å². The molecule has 1 heterocycles. The molecule has 9 nitrogen and oxygen atoms in total. The largest absolute Gasteiger partial charge is 0.458 e. The van der Waals surface area contributed by atoms with Crippen molar-refractivity contribution in [1.82, 2.24) is 5.32 Å². The Morgan fingerprint density at radius 2 is 2.06 bits per heavy atom. The van der Waals surface area contributed by atoms with E-state index >= 15 is 0 Å². The molecule has 0 radical (unpaired) electrons. The Hall–Kier alpha value is -4.66. The molecule has 1 unspecified atom stereocenters. The number of anilines is 1. The normalized spacial score (nSPS) is 15.8. The number of halogens is 3. The van der Waals surface area contributed by atoms with Crippen LogP contribution < -0.4 is 10.2 Å². The molecule has 1 aliphatic rings. The molecule has 180 valence electrons. The fourth-order valence-electron chi connectivity index (χ4n) is 3.60. The van der Waals surface area contributed by atoms with Gasteiger partial charge in [-0.2, -0.15) is 18.4 Å². The van der Waals surface area contributed by atoms with Crippen molar-refractivity contribution in [3.05, 3.63) is 93.2 Å². The Morgan fingerprint density at radius 3 is 2.66 bits per heavy atom. The van der Waals surface area contributed by atoms with Gasteiger partial charge in [0.05, 0.1) is 45.0 Å². The van der Waals surface area contributed by atoms with Gasteiger partial charge in [-0.25, -0.2) is 9.59 Å². The summed E-state index contributed by atoms with van der Waals surface area (Å²) < 4.78 is 44.8. The van der Waals surface area contributed by atoms with Crippen LogP contribution in [0.2, 0.25) is 0 Å². The SMILES string of the molecule is C=CCOC(=O)C1=C(C)N(c2cccc(C(F)(F)F)c2)C(=O)NC1c1ccc(C#N)cc1[N+](=O)[O-]. The van der Waals surface area contributed by atoms with E-state index in [1.54, 1.807) is 6.07 Å². The highest BCUT2D eigenvalue weighted by Gasteiger charge is 2.40. The van der Waals surface area contributed by atoms with Crippen LogP contribution in [0.15, 0.2) is 66.4 Å². The molecule has 3 rings (SSSR count). The lowest BCUT2D eigenvalue weighted by Gasteiger charge is -2.35. The average molecular weight is 486 g/mol. The molecule has 12 heteroatoms. The standard InChI is InChI=1S/C23H17F3N4O5/c1-3-9-35-21(31)19-13(2)29(16-6-4-5-15(11-16)23(24,25)26)22(32)28-20(19)17-8-7-14(12-27)10-18(17)30(33)34/h3-8,10-11,20H,1,9H2,2H3,(H,28,32). The molecule has 2 aromatic rings. The maximum absolute atomic E-state index is 13.2. The smallest absolute Gasteiger partial charge is 0.416 e. The molecule has 0 aliphatic carbocycles. The Morgan fingerprint density at radius 1 is 1.34 bits per heavy atom. The molecule has 0 fully saturated rings. The zero-order valence-electron chi connectivity index (χ0n) is 18.1. The maximum Gasteiger partial charge on any atom is 0.416 e. The first-order valence-electron chi connectivity index (χ1n) is 9.94. The molecule has 0 aromatic heterocycles. The Balaban J connectivity index is 2.23. The molecule has 0 saturated heterocycles. The number of nitrogens with zero attached hydrogens (tertiary/aromatic N) is 3. The summed E-state index contributed by atoms with van der Waals surface area (Å²) in [7, 11) is 0. The van der Waals surface area contributed by atoms with Crippen molar-refractivity contribution in [2.45, 2.75) is 19.1 Å². The predicted molar refractivity (Wildman–Crippen MR) is 117 cm³/mol. The predicted octanol–water partition coefficient (Wildman–Crippen LogP) is 4.76. The minimum atomic E-state index is -4.68. The molecule has 0 saturated carbocycles. The van der Waals surface area contributed by atoms with Crippen molar-refractivity contribution < 1.29 is 32.4 Å². The van der Waals surface area contributed by atoms with Crippen LogP contribution in [0, 0.1) is 21.4 Å². The highest BCUT2D eigenvalue weighted by atomic mass is 19.4. The van der Waals surface area contributed by atoms with Gasteiger partial charge in [-0.05, 0) is 37.3 Å². The number of hydrogen-bond acceptors (Lipinski definition) is 6. The van der Waals surface area contributed by atoms with Crippen LogP contribution in [0.25, 0.3) is 0 Å². The van der Waals surface area contributed by atoms with Crippen molar-refractivity contribution in [2.75, 3.05) is 11.5 Å². The first kappa shape index (κ1) is 25.0. The van der Waals surface area contributed by atoms with Gasteiger partial charge < -0.3 is 10.1 Å². The molecular formula is C23H17F3N4O5. The van der Waals surface area contributed by atoms with E-state index in [1.807, 2.05) is 0 Å². The number of allylic oxidation sites excluding steroid dienone is 1. The van der Waals surface area contributed by atoms with E-state index in [1.165, 1.54) is 31.2 Å². The molecule has 1 aliphatic heterocycles. The Bertz CT molecular complexity index is 1300. The quantitative estimate of drug-likeness (QED) is 0.272. The number of carbonyl (C=O) groups excluding carboxylic acids is 2. The monoisotopic (exact) mass is 486 g/mol.